The minimum Gasteiger partial charge on any atom is -0.339 e. The van der Waals surface area contributed by atoms with Crippen molar-refractivity contribution >= 4 is 17.8 Å². The second-order valence-corrected chi connectivity index (χ2v) is 8.10. The summed E-state index contributed by atoms with van der Waals surface area (Å²) in [5.74, 6) is 0.712. The highest BCUT2D eigenvalue weighted by atomic mass is 16.5. The number of hydrogen-bond acceptors (Lipinski definition) is 6. The number of benzene rings is 1. The van der Waals surface area contributed by atoms with Crippen LogP contribution in [-0.2, 0) is 16.0 Å². The molecule has 9 nitrogen and oxygen atoms in total. The summed E-state index contributed by atoms with van der Waals surface area (Å²) in [5, 5.41) is 7.56. The van der Waals surface area contributed by atoms with Crippen LogP contribution in [0.4, 0.5) is 4.79 Å². The summed E-state index contributed by atoms with van der Waals surface area (Å²) in [6, 6.07) is 8.91. The van der Waals surface area contributed by atoms with Crippen molar-refractivity contribution in [1.29, 1.82) is 0 Å². The molecule has 0 atom stereocenters. The van der Waals surface area contributed by atoms with Gasteiger partial charge in [0.25, 0.3) is 5.91 Å². The summed E-state index contributed by atoms with van der Waals surface area (Å²) >= 11 is 0. The van der Waals surface area contributed by atoms with Gasteiger partial charge in [0.15, 0.2) is 0 Å². The first-order chi connectivity index (χ1) is 14.5. The standard InChI is InChI=1S/C21H25N5O4/c1-14-10-12-21(13-11-14)19(28)26(20(29)23-21)24-16(27)8-5-9-17-22-18(25-30-17)15-6-3-2-4-7-15/h2-4,6-7,14H,5,8-13H2,1H3,(H,23,29)(H,24,27). The maximum Gasteiger partial charge on any atom is 0.344 e. The lowest BCUT2D eigenvalue weighted by Crippen LogP contribution is -2.51. The Hall–Kier alpha value is -3.23. The van der Waals surface area contributed by atoms with E-state index in [1.807, 2.05) is 30.3 Å². The maximum atomic E-state index is 12.8. The largest absolute Gasteiger partial charge is 0.344 e. The Bertz CT molecular complexity index is 934. The number of carbonyl (C=O) groups is 3. The number of aromatic nitrogens is 2. The first-order valence-corrected chi connectivity index (χ1v) is 10.3. The summed E-state index contributed by atoms with van der Waals surface area (Å²) in [7, 11) is 0. The van der Waals surface area contributed by atoms with Crippen molar-refractivity contribution in [3.63, 3.8) is 0 Å². The molecular weight excluding hydrogens is 386 g/mol. The van der Waals surface area contributed by atoms with E-state index in [0.717, 1.165) is 23.4 Å². The third-order valence-corrected chi connectivity index (χ3v) is 5.82. The number of carbonyl (C=O) groups excluding carboxylic acids is 3. The van der Waals surface area contributed by atoms with Crippen molar-refractivity contribution in [2.24, 2.45) is 5.92 Å². The molecule has 0 unspecified atom stereocenters. The highest BCUT2D eigenvalue weighted by Gasteiger charge is 2.52. The van der Waals surface area contributed by atoms with Crippen LogP contribution in [-0.4, -0.2) is 38.5 Å². The van der Waals surface area contributed by atoms with Gasteiger partial charge in [-0.2, -0.15) is 9.99 Å². The van der Waals surface area contributed by atoms with Crippen molar-refractivity contribution < 1.29 is 18.9 Å². The third kappa shape index (κ3) is 4.05. The van der Waals surface area contributed by atoms with E-state index in [2.05, 4.69) is 27.8 Å². The summed E-state index contributed by atoms with van der Waals surface area (Å²) in [6.07, 6.45) is 3.97. The number of urea groups is 1. The Morgan fingerprint density at radius 1 is 1.27 bits per heavy atom. The molecule has 2 heterocycles. The Morgan fingerprint density at radius 2 is 2.00 bits per heavy atom. The van der Waals surface area contributed by atoms with Crippen molar-refractivity contribution in [3.05, 3.63) is 36.2 Å². The van der Waals surface area contributed by atoms with Crippen LogP contribution in [0.1, 0.15) is 51.3 Å². The van der Waals surface area contributed by atoms with Crippen LogP contribution in [0.2, 0.25) is 0 Å². The van der Waals surface area contributed by atoms with E-state index in [-0.39, 0.29) is 12.3 Å². The summed E-state index contributed by atoms with van der Waals surface area (Å²) in [4.78, 5) is 41.6. The molecular formula is C21H25N5O4. The molecule has 2 aliphatic rings. The van der Waals surface area contributed by atoms with E-state index in [0.29, 0.717) is 43.3 Å². The van der Waals surface area contributed by atoms with Gasteiger partial charge in [-0.3, -0.25) is 15.0 Å². The van der Waals surface area contributed by atoms with Gasteiger partial charge in [-0.25, -0.2) is 4.79 Å². The smallest absolute Gasteiger partial charge is 0.339 e. The fourth-order valence-electron chi connectivity index (χ4n) is 3.96. The van der Waals surface area contributed by atoms with Gasteiger partial charge >= 0.3 is 6.03 Å². The van der Waals surface area contributed by atoms with E-state index in [1.54, 1.807) is 0 Å². The topological polar surface area (TPSA) is 117 Å². The van der Waals surface area contributed by atoms with Crippen molar-refractivity contribution in [3.8, 4) is 11.4 Å². The number of imide groups is 1. The van der Waals surface area contributed by atoms with Crippen LogP contribution < -0.4 is 10.7 Å². The van der Waals surface area contributed by atoms with Crippen LogP contribution in [0.3, 0.4) is 0 Å². The second kappa shape index (κ2) is 8.25. The van der Waals surface area contributed by atoms with E-state index in [4.69, 9.17) is 4.52 Å². The summed E-state index contributed by atoms with van der Waals surface area (Å²) in [6.45, 7) is 2.14. The van der Waals surface area contributed by atoms with Crippen molar-refractivity contribution in [2.75, 3.05) is 0 Å². The molecule has 158 valence electrons. The molecule has 0 bridgehead atoms. The molecule has 4 amide bonds. The molecule has 30 heavy (non-hydrogen) atoms. The van der Waals surface area contributed by atoms with E-state index < -0.39 is 17.5 Å². The normalized spacial score (nSPS) is 23.6. The molecule has 1 aromatic carbocycles. The predicted octanol–water partition coefficient (Wildman–Crippen LogP) is 2.59. The summed E-state index contributed by atoms with van der Waals surface area (Å²) in [5.41, 5.74) is 2.43. The van der Waals surface area contributed by atoms with E-state index in [1.165, 1.54) is 0 Å². The van der Waals surface area contributed by atoms with Gasteiger partial charge in [-0.1, -0.05) is 42.4 Å². The minimum absolute atomic E-state index is 0.129. The molecule has 9 heteroatoms. The first kappa shape index (κ1) is 20.1. The molecule has 1 saturated heterocycles. The van der Waals surface area contributed by atoms with Crippen LogP contribution in [0.25, 0.3) is 11.4 Å². The number of amides is 4. The number of rotatable bonds is 6. The zero-order valence-corrected chi connectivity index (χ0v) is 16.9. The van der Waals surface area contributed by atoms with Crippen LogP contribution >= 0.6 is 0 Å². The van der Waals surface area contributed by atoms with Crippen LogP contribution in [0.15, 0.2) is 34.9 Å². The molecule has 1 spiro atoms. The molecule has 2 fully saturated rings. The van der Waals surface area contributed by atoms with Gasteiger partial charge < -0.3 is 9.84 Å². The molecule has 1 saturated carbocycles. The van der Waals surface area contributed by atoms with E-state index >= 15 is 0 Å². The monoisotopic (exact) mass is 411 g/mol. The summed E-state index contributed by atoms with van der Waals surface area (Å²) < 4.78 is 5.23. The highest BCUT2D eigenvalue weighted by molar-refractivity contribution is 6.08. The van der Waals surface area contributed by atoms with E-state index in [9.17, 15) is 14.4 Å². The van der Waals surface area contributed by atoms with Gasteiger partial charge in [0.1, 0.15) is 5.54 Å². The lowest BCUT2D eigenvalue weighted by atomic mass is 9.77. The second-order valence-electron chi connectivity index (χ2n) is 8.10. The number of nitrogens with zero attached hydrogens (tertiary/aromatic N) is 3. The molecule has 0 radical (unpaired) electrons. The van der Waals surface area contributed by atoms with Crippen LogP contribution in [0, 0.1) is 5.92 Å². The molecule has 1 aromatic heterocycles. The molecule has 4 rings (SSSR count). The van der Waals surface area contributed by atoms with Gasteiger partial charge in [0, 0.05) is 18.4 Å². The molecule has 1 aliphatic carbocycles. The fourth-order valence-corrected chi connectivity index (χ4v) is 3.96. The Balaban J connectivity index is 1.27. The van der Waals surface area contributed by atoms with Gasteiger partial charge in [0.05, 0.1) is 0 Å². The lowest BCUT2D eigenvalue weighted by Gasteiger charge is -2.33. The van der Waals surface area contributed by atoms with Crippen LogP contribution in [0.5, 0.6) is 0 Å². The van der Waals surface area contributed by atoms with Gasteiger partial charge in [0.2, 0.25) is 17.6 Å². The van der Waals surface area contributed by atoms with Crippen molar-refractivity contribution in [1.82, 2.24) is 25.9 Å². The molecule has 1 aliphatic heterocycles. The third-order valence-electron chi connectivity index (χ3n) is 5.82. The zero-order chi connectivity index (χ0) is 21.1. The fraction of sp³-hybridized carbons (Fsp3) is 0.476. The number of aryl methyl sites for hydroxylation is 1. The minimum atomic E-state index is -0.867. The highest BCUT2D eigenvalue weighted by Crippen LogP contribution is 2.35. The number of hydrogen-bond donors (Lipinski definition) is 2. The Morgan fingerprint density at radius 3 is 2.73 bits per heavy atom. The first-order valence-electron chi connectivity index (χ1n) is 10.3. The average Bonchev–Trinajstić information content (AvgIpc) is 3.30. The lowest BCUT2D eigenvalue weighted by molar-refractivity contribution is -0.140. The maximum absolute atomic E-state index is 12.8. The van der Waals surface area contributed by atoms with Gasteiger partial charge in [-0.15, -0.1) is 0 Å². The molecule has 2 N–H and O–H groups in total. The predicted molar refractivity (Wildman–Crippen MR) is 107 cm³/mol. The SMILES string of the molecule is CC1CCC2(CC1)NC(=O)N(NC(=O)CCCc1nc(-c3ccccc3)no1)C2=O. The van der Waals surface area contributed by atoms with Gasteiger partial charge in [-0.05, 0) is 38.0 Å². The zero-order valence-electron chi connectivity index (χ0n) is 16.9. The molecule has 2 aromatic rings. The average molecular weight is 411 g/mol. The van der Waals surface area contributed by atoms with Crippen molar-refractivity contribution in [2.45, 2.75) is 57.4 Å². The Kier molecular flexibility index (Phi) is 5.52. The number of nitrogens with one attached hydrogen (secondary N) is 2. The Labute approximate surface area is 174 Å². The number of hydrazine groups is 1. The quantitative estimate of drug-likeness (QED) is 0.706.